The third kappa shape index (κ3) is 4.94. The second-order valence-corrected chi connectivity index (χ2v) is 11.0. The van der Waals surface area contributed by atoms with Gasteiger partial charge in [0, 0.05) is 44.2 Å². The summed E-state index contributed by atoms with van der Waals surface area (Å²) >= 11 is 0. The number of amides is 1. The molecule has 6 nitrogen and oxygen atoms in total. The summed E-state index contributed by atoms with van der Waals surface area (Å²) in [7, 11) is -3.55. The van der Waals surface area contributed by atoms with Crippen molar-refractivity contribution in [2.45, 2.75) is 56.5 Å². The second kappa shape index (κ2) is 9.27. The zero-order chi connectivity index (χ0) is 22.0. The molecule has 0 spiro atoms. The van der Waals surface area contributed by atoms with Crippen LogP contribution in [0.15, 0.2) is 47.4 Å². The van der Waals surface area contributed by atoms with Gasteiger partial charge in [-0.3, -0.25) is 4.79 Å². The van der Waals surface area contributed by atoms with E-state index >= 15 is 0 Å². The van der Waals surface area contributed by atoms with Gasteiger partial charge in [-0.2, -0.15) is 4.31 Å². The van der Waals surface area contributed by atoms with E-state index in [1.165, 1.54) is 4.31 Å². The van der Waals surface area contributed by atoms with E-state index < -0.39 is 10.0 Å². The summed E-state index contributed by atoms with van der Waals surface area (Å²) < 4.78 is 27.8. The van der Waals surface area contributed by atoms with Crippen molar-refractivity contribution in [3.63, 3.8) is 0 Å². The van der Waals surface area contributed by atoms with Crippen LogP contribution in [-0.4, -0.2) is 61.8 Å². The number of likely N-dealkylation sites (tertiary alicyclic amines) is 1. The lowest BCUT2D eigenvalue weighted by atomic mass is 9.95. The number of piperidine rings is 2. The third-order valence-corrected chi connectivity index (χ3v) is 8.68. The largest absolute Gasteiger partial charge is 0.353 e. The summed E-state index contributed by atoms with van der Waals surface area (Å²) in [6.45, 7) is 7.23. The number of hydrogen-bond donors (Lipinski definition) is 1. The van der Waals surface area contributed by atoms with E-state index in [4.69, 9.17) is 0 Å². The van der Waals surface area contributed by atoms with E-state index in [1.54, 1.807) is 12.1 Å². The van der Waals surface area contributed by atoms with E-state index in [2.05, 4.69) is 24.1 Å². The number of fused-ring (bicyclic) bond motifs is 1. The van der Waals surface area contributed by atoms with Gasteiger partial charge in [0.2, 0.25) is 15.9 Å². The SMILES string of the molecule is CC(C)N1CCC(NC(=O)C2CCN(S(=O)(=O)c3ccc4ccccc4c3)CC2)CC1. The van der Waals surface area contributed by atoms with Crippen LogP contribution >= 0.6 is 0 Å². The lowest BCUT2D eigenvalue weighted by Crippen LogP contribution is -2.49. The van der Waals surface area contributed by atoms with Crippen LogP contribution in [0.25, 0.3) is 10.8 Å². The zero-order valence-corrected chi connectivity index (χ0v) is 19.3. The van der Waals surface area contributed by atoms with Gasteiger partial charge in [-0.1, -0.05) is 30.3 Å². The van der Waals surface area contributed by atoms with Crippen molar-refractivity contribution in [2.75, 3.05) is 26.2 Å². The number of sulfonamides is 1. The highest BCUT2D eigenvalue weighted by atomic mass is 32.2. The van der Waals surface area contributed by atoms with Crippen molar-refractivity contribution in [2.24, 2.45) is 5.92 Å². The molecular weight excluding hydrogens is 410 g/mol. The van der Waals surface area contributed by atoms with Gasteiger partial charge < -0.3 is 10.2 Å². The van der Waals surface area contributed by atoms with E-state index in [0.29, 0.717) is 36.9 Å². The average molecular weight is 444 g/mol. The third-order valence-electron chi connectivity index (χ3n) is 6.79. The number of hydrogen-bond acceptors (Lipinski definition) is 4. The molecule has 0 bridgehead atoms. The summed E-state index contributed by atoms with van der Waals surface area (Å²) in [5.41, 5.74) is 0. The minimum Gasteiger partial charge on any atom is -0.353 e. The van der Waals surface area contributed by atoms with Crippen LogP contribution in [0.1, 0.15) is 39.5 Å². The highest BCUT2D eigenvalue weighted by Crippen LogP contribution is 2.26. The zero-order valence-electron chi connectivity index (χ0n) is 18.5. The Morgan fingerprint density at radius 2 is 1.58 bits per heavy atom. The fourth-order valence-corrected chi connectivity index (χ4v) is 6.22. The van der Waals surface area contributed by atoms with Gasteiger partial charge in [0.1, 0.15) is 0 Å². The molecule has 2 aromatic carbocycles. The van der Waals surface area contributed by atoms with Crippen molar-refractivity contribution >= 4 is 26.7 Å². The molecule has 0 unspecified atom stereocenters. The predicted molar refractivity (Wildman–Crippen MR) is 123 cm³/mol. The van der Waals surface area contributed by atoms with E-state index in [9.17, 15) is 13.2 Å². The fraction of sp³-hybridized carbons (Fsp3) is 0.542. The number of nitrogens with one attached hydrogen (secondary N) is 1. The van der Waals surface area contributed by atoms with Gasteiger partial charge >= 0.3 is 0 Å². The fourth-order valence-electron chi connectivity index (χ4n) is 4.71. The van der Waals surface area contributed by atoms with Crippen molar-refractivity contribution in [3.8, 4) is 0 Å². The van der Waals surface area contributed by atoms with Crippen molar-refractivity contribution < 1.29 is 13.2 Å². The first-order valence-corrected chi connectivity index (χ1v) is 12.8. The first-order valence-electron chi connectivity index (χ1n) is 11.4. The van der Waals surface area contributed by atoms with E-state index in [-0.39, 0.29) is 17.9 Å². The molecule has 2 aliphatic heterocycles. The summed E-state index contributed by atoms with van der Waals surface area (Å²) in [6.07, 6.45) is 3.12. The summed E-state index contributed by atoms with van der Waals surface area (Å²) in [6, 6.07) is 13.8. The van der Waals surface area contributed by atoms with Crippen LogP contribution in [0.2, 0.25) is 0 Å². The number of carbonyl (C=O) groups excluding carboxylic acids is 1. The summed E-state index contributed by atoms with van der Waals surface area (Å²) in [5.74, 6) is -0.0167. The Morgan fingerprint density at radius 1 is 0.935 bits per heavy atom. The molecule has 31 heavy (non-hydrogen) atoms. The minimum absolute atomic E-state index is 0.0887. The summed E-state index contributed by atoms with van der Waals surface area (Å²) in [5, 5.41) is 5.16. The van der Waals surface area contributed by atoms with E-state index in [1.807, 2.05) is 30.3 Å². The minimum atomic E-state index is -3.55. The molecule has 0 aromatic heterocycles. The van der Waals surface area contributed by atoms with Crippen LogP contribution in [0.5, 0.6) is 0 Å². The van der Waals surface area contributed by atoms with Gasteiger partial charge in [0.15, 0.2) is 0 Å². The highest BCUT2D eigenvalue weighted by Gasteiger charge is 2.33. The molecule has 2 heterocycles. The summed E-state index contributed by atoms with van der Waals surface area (Å²) in [4.78, 5) is 15.5. The molecule has 1 amide bonds. The maximum atomic E-state index is 13.1. The van der Waals surface area contributed by atoms with Crippen molar-refractivity contribution in [3.05, 3.63) is 42.5 Å². The molecule has 0 atom stereocenters. The number of carbonyl (C=O) groups is 1. The van der Waals surface area contributed by atoms with Crippen LogP contribution < -0.4 is 5.32 Å². The Bertz CT molecular complexity index is 1020. The molecule has 2 aliphatic rings. The topological polar surface area (TPSA) is 69.7 Å². The monoisotopic (exact) mass is 443 g/mol. The van der Waals surface area contributed by atoms with Gasteiger partial charge in [-0.15, -0.1) is 0 Å². The van der Waals surface area contributed by atoms with Crippen molar-refractivity contribution in [1.29, 1.82) is 0 Å². The standard InChI is InChI=1S/C24H33N3O3S/c1-18(2)26-13-11-22(12-14-26)25-24(28)20-9-15-27(16-10-20)31(29,30)23-8-7-19-5-3-4-6-21(19)17-23/h3-8,17-18,20,22H,9-16H2,1-2H3,(H,25,28). The molecule has 1 N–H and O–H groups in total. The Kier molecular flexibility index (Phi) is 6.65. The van der Waals surface area contributed by atoms with Crippen molar-refractivity contribution in [1.82, 2.24) is 14.5 Å². The van der Waals surface area contributed by atoms with Crippen LogP contribution in [0, 0.1) is 5.92 Å². The van der Waals surface area contributed by atoms with Crippen LogP contribution in [0.4, 0.5) is 0 Å². The van der Waals surface area contributed by atoms with Gasteiger partial charge in [-0.05, 0) is 62.4 Å². The molecule has 2 fully saturated rings. The molecule has 7 heteroatoms. The smallest absolute Gasteiger partial charge is 0.243 e. The Balaban J connectivity index is 1.33. The number of rotatable bonds is 5. The average Bonchev–Trinajstić information content (AvgIpc) is 2.79. The second-order valence-electron chi connectivity index (χ2n) is 9.10. The quantitative estimate of drug-likeness (QED) is 0.770. The molecule has 168 valence electrons. The number of benzene rings is 2. The maximum Gasteiger partial charge on any atom is 0.243 e. The predicted octanol–water partition coefficient (Wildman–Crippen LogP) is 3.23. The molecule has 2 aromatic rings. The molecule has 0 saturated carbocycles. The molecule has 0 radical (unpaired) electrons. The normalized spacial score (nSPS) is 20.4. The van der Waals surface area contributed by atoms with Crippen LogP contribution in [0.3, 0.4) is 0 Å². The maximum absolute atomic E-state index is 13.1. The lowest BCUT2D eigenvalue weighted by Gasteiger charge is -2.36. The molecule has 2 saturated heterocycles. The lowest BCUT2D eigenvalue weighted by molar-refractivity contribution is -0.127. The molecule has 4 rings (SSSR count). The Morgan fingerprint density at radius 3 is 2.23 bits per heavy atom. The van der Waals surface area contributed by atoms with Gasteiger partial charge in [0.25, 0.3) is 0 Å². The van der Waals surface area contributed by atoms with Gasteiger partial charge in [0.05, 0.1) is 4.90 Å². The highest BCUT2D eigenvalue weighted by molar-refractivity contribution is 7.89. The van der Waals surface area contributed by atoms with Gasteiger partial charge in [-0.25, -0.2) is 8.42 Å². The Hall–Kier alpha value is -1.96. The molecular formula is C24H33N3O3S. The Labute approximate surface area is 185 Å². The number of nitrogens with zero attached hydrogens (tertiary/aromatic N) is 2. The first kappa shape index (κ1) is 22.2. The molecule has 0 aliphatic carbocycles. The first-order chi connectivity index (χ1) is 14.8. The van der Waals surface area contributed by atoms with Crippen LogP contribution in [-0.2, 0) is 14.8 Å². The van der Waals surface area contributed by atoms with E-state index in [0.717, 1.165) is 36.7 Å².